The summed E-state index contributed by atoms with van der Waals surface area (Å²) in [6.45, 7) is 5.97. The second-order valence-corrected chi connectivity index (χ2v) is 10.8. The summed E-state index contributed by atoms with van der Waals surface area (Å²) in [6, 6.07) is 10.7. The third-order valence-electron chi connectivity index (χ3n) is 5.66. The van der Waals surface area contributed by atoms with Gasteiger partial charge in [-0.3, -0.25) is 4.57 Å². The van der Waals surface area contributed by atoms with Crippen molar-refractivity contribution in [3.05, 3.63) is 57.2 Å². The van der Waals surface area contributed by atoms with Crippen LogP contribution in [0.2, 0.25) is 0 Å². The molecular formula is C24H26N4OS3. The van der Waals surface area contributed by atoms with Crippen molar-refractivity contribution in [3.8, 4) is 22.0 Å². The van der Waals surface area contributed by atoms with Gasteiger partial charge in [-0.05, 0) is 37.8 Å². The first-order valence-electron chi connectivity index (χ1n) is 11.0. The van der Waals surface area contributed by atoms with Gasteiger partial charge in [0, 0.05) is 39.1 Å². The van der Waals surface area contributed by atoms with Crippen LogP contribution in [0.25, 0.3) is 22.0 Å². The number of rotatable bonds is 8. The molecule has 1 unspecified atom stereocenters. The van der Waals surface area contributed by atoms with E-state index in [2.05, 4.69) is 69.7 Å². The van der Waals surface area contributed by atoms with Gasteiger partial charge < -0.3 is 4.74 Å². The lowest BCUT2D eigenvalue weighted by Gasteiger charge is -2.14. The molecule has 3 aromatic heterocycles. The van der Waals surface area contributed by atoms with Crippen molar-refractivity contribution in [2.24, 2.45) is 0 Å². The molecule has 1 aromatic carbocycles. The summed E-state index contributed by atoms with van der Waals surface area (Å²) in [5, 5.41) is 15.5. The number of ether oxygens (including phenoxy) is 1. The summed E-state index contributed by atoms with van der Waals surface area (Å²) in [7, 11) is 0. The highest BCUT2D eigenvalue weighted by Gasteiger charge is 2.22. The Morgan fingerprint density at radius 2 is 2.09 bits per heavy atom. The van der Waals surface area contributed by atoms with E-state index >= 15 is 0 Å². The minimum absolute atomic E-state index is 0.236. The van der Waals surface area contributed by atoms with E-state index in [1.54, 1.807) is 34.4 Å². The summed E-state index contributed by atoms with van der Waals surface area (Å²) < 4.78 is 8.18. The van der Waals surface area contributed by atoms with Gasteiger partial charge in [-0.1, -0.05) is 43.0 Å². The molecule has 0 saturated carbocycles. The number of benzene rings is 1. The van der Waals surface area contributed by atoms with Gasteiger partial charge in [0.05, 0.1) is 18.3 Å². The molecule has 4 aromatic rings. The average Bonchev–Trinajstić information content (AvgIpc) is 3.60. The zero-order valence-corrected chi connectivity index (χ0v) is 20.7. The van der Waals surface area contributed by atoms with Gasteiger partial charge in [0.15, 0.2) is 11.0 Å². The zero-order chi connectivity index (χ0) is 21.9. The topological polar surface area (TPSA) is 52.8 Å². The Bertz CT molecular complexity index is 1190. The quantitative estimate of drug-likeness (QED) is 0.269. The predicted octanol–water partition coefficient (Wildman–Crippen LogP) is 6.47. The highest BCUT2D eigenvalue weighted by Crippen LogP contribution is 2.32. The summed E-state index contributed by atoms with van der Waals surface area (Å²) in [5.74, 6) is 1.72. The fraction of sp³-hybridized carbons (Fsp3) is 0.375. The molecule has 0 amide bonds. The fourth-order valence-electron chi connectivity index (χ4n) is 3.90. The summed E-state index contributed by atoms with van der Waals surface area (Å²) in [4.78, 5) is 6.25. The van der Waals surface area contributed by atoms with Crippen LogP contribution in [0.3, 0.4) is 0 Å². The van der Waals surface area contributed by atoms with Crippen molar-refractivity contribution in [1.29, 1.82) is 0 Å². The van der Waals surface area contributed by atoms with Crippen molar-refractivity contribution in [3.63, 3.8) is 0 Å². The molecule has 0 bridgehead atoms. The largest absolute Gasteiger partial charge is 0.376 e. The normalized spacial score (nSPS) is 16.1. The van der Waals surface area contributed by atoms with E-state index in [1.165, 1.54) is 16.0 Å². The molecule has 5 nitrogen and oxygen atoms in total. The van der Waals surface area contributed by atoms with Gasteiger partial charge in [0.1, 0.15) is 5.01 Å². The van der Waals surface area contributed by atoms with Crippen LogP contribution in [0.15, 0.2) is 46.2 Å². The lowest BCUT2D eigenvalue weighted by molar-refractivity contribution is 0.0953. The van der Waals surface area contributed by atoms with E-state index < -0.39 is 0 Å². The van der Waals surface area contributed by atoms with E-state index in [0.717, 1.165) is 65.4 Å². The van der Waals surface area contributed by atoms with Gasteiger partial charge in [0.2, 0.25) is 0 Å². The first-order valence-corrected chi connectivity index (χ1v) is 13.7. The second kappa shape index (κ2) is 9.87. The summed E-state index contributed by atoms with van der Waals surface area (Å²) in [6.07, 6.45) is 3.50. The first kappa shape index (κ1) is 21.8. The Morgan fingerprint density at radius 1 is 1.19 bits per heavy atom. The molecule has 1 saturated heterocycles. The molecule has 32 heavy (non-hydrogen) atoms. The number of aryl methyl sites for hydroxylation is 2. The van der Waals surface area contributed by atoms with Gasteiger partial charge >= 0.3 is 0 Å². The number of aromatic nitrogens is 4. The highest BCUT2D eigenvalue weighted by atomic mass is 32.2. The first-order chi connectivity index (χ1) is 15.7. The van der Waals surface area contributed by atoms with Crippen LogP contribution in [0.5, 0.6) is 0 Å². The molecule has 0 aliphatic carbocycles. The Morgan fingerprint density at radius 3 is 2.88 bits per heavy atom. The molecule has 5 rings (SSSR count). The molecule has 1 aliphatic rings. The van der Waals surface area contributed by atoms with Gasteiger partial charge in [-0.15, -0.1) is 32.9 Å². The van der Waals surface area contributed by atoms with Crippen LogP contribution in [0.4, 0.5) is 0 Å². The maximum absolute atomic E-state index is 5.93. The summed E-state index contributed by atoms with van der Waals surface area (Å²) >= 11 is 5.20. The maximum Gasteiger partial charge on any atom is 0.191 e. The molecule has 0 N–H and O–H groups in total. The van der Waals surface area contributed by atoms with Crippen LogP contribution in [0.1, 0.15) is 35.9 Å². The van der Waals surface area contributed by atoms with Crippen molar-refractivity contribution in [2.75, 3.05) is 6.61 Å². The lowest BCUT2D eigenvalue weighted by atomic mass is 10.1. The molecule has 1 aliphatic heterocycles. The Kier molecular flexibility index (Phi) is 6.73. The second-order valence-electron chi connectivity index (χ2n) is 7.95. The van der Waals surface area contributed by atoms with Crippen LogP contribution in [-0.2, 0) is 23.5 Å². The fourth-order valence-corrected chi connectivity index (χ4v) is 6.57. The zero-order valence-electron chi connectivity index (χ0n) is 18.3. The predicted molar refractivity (Wildman–Crippen MR) is 134 cm³/mol. The van der Waals surface area contributed by atoms with Crippen LogP contribution < -0.4 is 0 Å². The average molecular weight is 483 g/mol. The van der Waals surface area contributed by atoms with Crippen molar-refractivity contribution >= 4 is 34.4 Å². The van der Waals surface area contributed by atoms with E-state index in [1.807, 2.05) is 0 Å². The van der Waals surface area contributed by atoms with E-state index in [-0.39, 0.29) is 6.10 Å². The third kappa shape index (κ3) is 4.69. The van der Waals surface area contributed by atoms with Gasteiger partial charge in [-0.2, -0.15) is 0 Å². The van der Waals surface area contributed by atoms with Gasteiger partial charge in [-0.25, -0.2) is 4.98 Å². The van der Waals surface area contributed by atoms with Crippen LogP contribution in [-0.4, -0.2) is 32.5 Å². The Labute approximate surface area is 200 Å². The Hall–Kier alpha value is -2.00. The van der Waals surface area contributed by atoms with E-state index in [4.69, 9.17) is 9.72 Å². The molecular weight excluding hydrogens is 456 g/mol. The number of nitrogens with zero attached hydrogens (tertiary/aromatic N) is 4. The van der Waals surface area contributed by atoms with E-state index in [9.17, 15) is 0 Å². The minimum Gasteiger partial charge on any atom is -0.376 e. The monoisotopic (exact) mass is 482 g/mol. The number of hydrogen-bond donors (Lipinski definition) is 0. The SMILES string of the molecule is CCc1cc(-c2nnc(SCc3csc(-c4ccccc4C)n3)n2CC2CCCO2)cs1. The maximum atomic E-state index is 5.93. The van der Waals surface area contributed by atoms with Crippen molar-refractivity contribution in [2.45, 2.75) is 56.7 Å². The molecule has 1 fully saturated rings. The molecule has 0 radical (unpaired) electrons. The number of thiazole rings is 1. The minimum atomic E-state index is 0.236. The van der Waals surface area contributed by atoms with Crippen LogP contribution in [0, 0.1) is 6.92 Å². The molecule has 1 atom stereocenters. The number of thioether (sulfide) groups is 1. The lowest BCUT2D eigenvalue weighted by Crippen LogP contribution is -2.16. The standard InChI is InChI=1S/C24H26N4OS3/c1-3-20-11-17(13-30-20)22-26-27-24(28(22)12-19-8-6-10-29-19)32-15-18-14-31-23(25-18)21-9-5-4-7-16(21)2/h4-5,7,9,11,13-14,19H,3,6,8,10,12,15H2,1-2H3. The molecule has 4 heterocycles. The summed E-state index contributed by atoms with van der Waals surface area (Å²) in [5.41, 5.74) is 4.70. The molecule has 8 heteroatoms. The number of hydrogen-bond acceptors (Lipinski definition) is 7. The highest BCUT2D eigenvalue weighted by molar-refractivity contribution is 7.98. The molecule has 166 valence electrons. The van der Waals surface area contributed by atoms with Crippen LogP contribution >= 0.6 is 34.4 Å². The smallest absolute Gasteiger partial charge is 0.191 e. The van der Waals surface area contributed by atoms with Gasteiger partial charge in [0.25, 0.3) is 0 Å². The molecule has 0 spiro atoms. The van der Waals surface area contributed by atoms with Crippen molar-refractivity contribution in [1.82, 2.24) is 19.7 Å². The number of thiophene rings is 1. The van der Waals surface area contributed by atoms with E-state index in [0.29, 0.717) is 0 Å². The Balaban J connectivity index is 1.37. The van der Waals surface area contributed by atoms with Crippen molar-refractivity contribution < 1.29 is 4.74 Å². The third-order valence-corrected chi connectivity index (χ3v) is 8.67.